The Kier molecular flexibility index (Phi) is 2.90. The minimum absolute atomic E-state index is 0. The molecule has 2 aliphatic heterocycles. The zero-order valence-electron chi connectivity index (χ0n) is 9.12. The van der Waals surface area contributed by atoms with Crippen LogP contribution in [0.1, 0.15) is 28.7 Å². The molecule has 5 nitrogen and oxygen atoms in total. The summed E-state index contributed by atoms with van der Waals surface area (Å²) in [6.07, 6.45) is 0.919. The molecule has 2 N–H and O–H groups in total. The molecule has 0 aliphatic carbocycles. The minimum atomic E-state index is 0. The van der Waals surface area contributed by atoms with E-state index in [1.54, 1.807) is 0 Å². The molecule has 1 aromatic rings. The number of carbonyl (C=O) groups is 1. The second-order valence-electron chi connectivity index (χ2n) is 4.24. The van der Waals surface area contributed by atoms with E-state index in [9.17, 15) is 4.79 Å². The van der Waals surface area contributed by atoms with Crippen molar-refractivity contribution in [3.8, 4) is 0 Å². The molecule has 0 spiro atoms. The summed E-state index contributed by atoms with van der Waals surface area (Å²) < 4.78 is 1.85. The van der Waals surface area contributed by atoms with Crippen LogP contribution in [-0.4, -0.2) is 28.3 Å². The minimum Gasteiger partial charge on any atom is -0.349 e. The Labute approximate surface area is 100.0 Å². The van der Waals surface area contributed by atoms with E-state index in [4.69, 9.17) is 0 Å². The van der Waals surface area contributed by atoms with Gasteiger partial charge in [0.25, 0.3) is 5.91 Å². The second-order valence-corrected chi connectivity index (χ2v) is 4.24. The molecule has 2 aliphatic rings. The molecule has 16 heavy (non-hydrogen) atoms. The molecule has 1 aromatic heterocycles. The Morgan fingerprint density at radius 3 is 3.12 bits per heavy atom. The third-order valence-corrected chi connectivity index (χ3v) is 3.08. The van der Waals surface area contributed by atoms with E-state index in [1.807, 2.05) is 4.68 Å². The van der Waals surface area contributed by atoms with Crippen molar-refractivity contribution in [2.24, 2.45) is 0 Å². The molecule has 3 heterocycles. The molecular weight excluding hydrogens is 228 g/mol. The van der Waals surface area contributed by atoms with Gasteiger partial charge in [-0.15, -0.1) is 12.4 Å². The summed E-state index contributed by atoms with van der Waals surface area (Å²) in [7, 11) is 0. The highest BCUT2D eigenvalue weighted by Crippen LogP contribution is 2.21. The lowest BCUT2D eigenvalue weighted by Gasteiger charge is -2.20. The van der Waals surface area contributed by atoms with Crippen LogP contribution in [0.4, 0.5) is 0 Å². The number of hydrogen-bond donors (Lipinski definition) is 2. The first-order chi connectivity index (χ1) is 7.25. The van der Waals surface area contributed by atoms with Crippen LogP contribution in [0.15, 0.2) is 0 Å². The zero-order valence-corrected chi connectivity index (χ0v) is 9.93. The van der Waals surface area contributed by atoms with Gasteiger partial charge in [-0.2, -0.15) is 5.10 Å². The number of carbonyl (C=O) groups excluding carboxylic acids is 1. The molecule has 0 bridgehead atoms. The van der Waals surface area contributed by atoms with Crippen molar-refractivity contribution in [3.05, 3.63) is 17.0 Å². The number of fused-ring (bicyclic) bond motifs is 3. The molecule has 0 aromatic carbocycles. The van der Waals surface area contributed by atoms with Gasteiger partial charge in [0.1, 0.15) is 5.69 Å². The van der Waals surface area contributed by atoms with Crippen molar-refractivity contribution in [2.75, 3.05) is 6.54 Å². The predicted molar refractivity (Wildman–Crippen MR) is 61.8 cm³/mol. The van der Waals surface area contributed by atoms with E-state index < -0.39 is 0 Å². The van der Waals surface area contributed by atoms with Crippen LogP contribution in [0.5, 0.6) is 0 Å². The van der Waals surface area contributed by atoms with Gasteiger partial charge in [0, 0.05) is 31.1 Å². The maximum absolute atomic E-state index is 11.7. The average Bonchev–Trinajstić information content (AvgIpc) is 2.56. The Morgan fingerprint density at radius 2 is 2.31 bits per heavy atom. The van der Waals surface area contributed by atoms with Crippen LogP contribution in [0.2, 0.25) is 0 Å². The van der Waals surface area contributed by atoms with Crippen LogP contribution in [-0.2, 0) is 19.5 Å². The maximum atomic E-state index is 11.7. The Morgan fingerprint density at radius 1 is 1.50 bits per heavy atom. The fraction of sp³-hybridized carbons (Fsp3) is 0.600. The summed E-state index contributed by atoms with van der Waals surface area (Å²) in [5.74, 6) is 0.0198. The first kappa shape index (κ1) is 11.4. The average molecular weight is 243 g/mol. The van der Waals surface area contributed by atoms with E-state index in [1.165, 1.54) is 0 Å². The van der Waals surface area contributed by atoms with Gasteiger partial charge < -0.3 is 10.6 Å². The van der Waals surface area contributed by atoms with Gasteiger partial charge in [-0.05, 0) is 6.92 Å². The Balaban J connectivity index is 0.000000963. The summed E-state index contributed by atoms with van der Waals surface area (Å²) in [6.45, 7) is 4.39. The van der Waals surface area contributed by atoms with Crippen LogP contribution >= 0.6 is 12.4 Å². The van der Waals surface area contributed by atoms with E-state index in [0.717, 1.165) is 36.5 Å². The number of amides is 1. The number of nitrogens with one attached hydrogen (secondary N) is 2. The zero-order chi connectivity index (χ0) is 10.4. The first-order valence-corrected chi connectivity index (χ1v) is 5.36. The van der Waals surface area contributed by atoms with Gasteiger partial charge >= 0.3 is 0 Å². The fourth-order valence-corrected chi connectivity index (χ4v) is 2.31. The monoisotopic (exact) mass is 242 g/mol. The van der Waals surface area contributed by atoms with E-state index in [0.29, 0.717) is 12.6 Å². The number of aromatic nitrogens is 2. The van der Waals surface area contributed by atoms with Crippen LogP contribution in [0.3, 0.4) is 0 Å². The van der Waals surface area contributed by atoms with Gasteiger partial charge in [-0.25, -0.2) is 0 Å². The number of halogens is 1. The van der Waals surface area contributed by atoms with Crippen molar-refractivity contribution >= 4 is 18.3 Å². The third-order valence-electron chi connectivity index (χ3n) is 3.08. The van der Waals surface area contributed by atoms with Gasteiger partial charge in [0.05, 0.1) is 12.2 Å². The summed E-state index contributed by atoms with van der Waals surface area (Å²) in [6, 6.07) is 0.456. The molecule has 0 radical (unpaired) electrons. The first-order valence-electron chi connectivity index (χ1n) is 5.36. The summed E-state index contributed by atoms with van der Waals surface area (Å²) in [4.78, 5) is 11.7. The third kappa shape index (κ3) is 1.60. The molecule has 0 fully saturated rings. The lowest BCUT2D eigenvalue weighted by atomic mass is 10.0. The molecule has 3 rings (SSSR count). The SMILES string of the molecule is C[C@@H]1Cc2nn3c(c2CN1)C(=O)NCC3.Cl. The van der Waals surface area contributed by atoms with Crippen LogP contribution < -0.4 is 10.6 Å². The second kappa shape index (κ2) is 4.07. The molecule has 88 valence electrons. The molecular formula is C10H15ClN4O. The molecule has 1 atom stereocenters. The summed E-state index contributed by atoms with van der Waals surface area (Å²) in [5.41, 5.74) is 2.94. The van der Waals surface area contributed by atoms with Crippen molar-refractivity contribution in [1.82, 2.24) is 20.4 Å². The van der Waals surface area contributed by atoms with Crippen molar-refractivity contribution in [3.63, 3.8) is 0 Å². The standard InChI is InChI=1S/C10H14N4O.ClH/c1-6-4-8-7(5-12-6)9-10(15)11-2-3-14(9)13-8;/h6,12H,2-5H2,1H3,(H,11,15);1H/t6-;/m1./s1. The smallest absolute Gasteiger partial charge is 0.269 e. The van der Waals surface area contributed by atoms with Crippen molar-refractivity contribution < 1.29 is 4.79 Å². The number of hydrogen-bond acceptors (Lipinski definition) is 3. The Bertz CT molecular complexity index is 429. The highest BCUT2D eigenvalue weighted by Gasteiger charge is 2.28. The van der Waals surface area contributed by atoms with Crippen molar-refractivity contribution in [2.45, 2.75) is 32.5 Å². The highest BCUT2D eigenvalue weighted by molar-refractivity contribution is 5.94. The fourth-order valence-electron chi connectivity index (χ4n) is 2.31. The Hall–Kier alpha value is -1.07. The molecule has 0 unspecified atom stereocenters. The van der Waals surface area contributed by atoms with E-state index in [2.05, 4.69) is 22.7 Å². The van der Waals surface area contributed by atoms with Gasteiger partial charge in [0.2, 0.25) is 0 Å². The summed E-state index contributed by atoms with van der Waals surface area (Å²) in [5, 5.41) is 10.7. The van der Waals surface area contributed by atoms with Crippen LogP contribution in [0, 0.1) is 0 Å². The van der Waals surface area contributed by atoms with E-state index >= 15 is 0 Å². The van der Waals surface area contributed by atoms with Gasteiger partial charge in [0.15, 0.2) is 0 Å². The quantitative estimate of drug-likeness (QED) is 0.678. The predicted octanol–water partition coefficient (Wildman–Crippen LogP) is 0.0825. The van der Waals surface area contributed by atoms with Crippen molar-refractivity contribution in [1.29, 1.82) is 0 Å². The molecule has 0 saturated carbocycles. The molecule has 0 saturated heterocycles. The number of rotatable bonds is 0. The lowest BCUT2D eigenvalue weighted by Crippen LogP contribution is -2.37. The van der Waals surface area contributed by atoms with E-state index in [-0.39, 0.29) is 18.3 Å². The topological polar surface area (TPSA) is 59.0 Å². The molecule has 6 heteroatoms. The summed E-state index contributed by atoms with van der Waals surface area (Å²) >= 11 is 0. The molecule has 1 amide bonds. The normalized spacial score (nSPS) is 22.8. The lowest BCUT2D eigenvalue weighted by molar-refractivity contribution is 0.0923. The van der Waals surface area contributed by atoms with Gasteiger partial charge in [-0.1, -0.05) is 0 Å². The number of nitrogens with zero attached hydrogens (tertiary/aromatic N) is 2. The van der Waals surface area contributed by atoms with Crippen LogP contribution in [0.25, 0.3) is 0 Å². The maximum Gasteiger partial charge on any atom is 0.269 e. The highest BCUT2D eigenvalue weighted by atomic mass is 35.5. The van der Waals surface area contributed by atoms with Gasteiger partial charge in [-0.3, -0.25) is 9.48 Å². The largest absolute Gasteiger partial charge is 0.349 e.